The third-order valence-corrected chi connectivity index (χ3v) is 6.75. The predicted molar refractivity (Wildman–Crippen MR) is 124 cm³/mol. The molecular formula is C24H32N3O2P. The van der Waals surface area contributed by atoms with Crippen LogP contribution in [0.5, 0.6) is 0 Å². The van der Waals surface area contributed by atoms with Crippen molar-refractivity contribution < 1.29 is 9.59 Å². The molecule has 30 heavy (non-hydrogen) atoms. The number of amides is 1. The van der Waals surface area contributed by atoms with Gasteiger partial charge in [-0.1, -0.05) is 73.9 Å². The maximum atomic E-state index is 12.2. The highest BCUT2D eigenvalue weighted by Crippen LogP contribution is 2.44. The Kier molecular flexibility index (Phi) is 8.15. The summed E-state index contributed by atoms with van der Waals surface area (Å²) in [6.07, 6.45) is 6.38. The van der Waals surface area contributed by atoms with Crippen molar-refractivity contribution in [3.63, 3.8) is 0 Å². The average Bonchev–Trinajstić information content (AvgIpc) is 2.78. The highest BCUT2D eigenvalue weighted by molar-refractivity contribution is 7.18. The van der Waals surface area contributed by atoms with Gasteiger partial charge in [-0.3, -0.25) is 20.3 Å². The van der Waals surface area contributed by atoms with Crippen molar-refractivity contribution in [3.8, 4) is 0 Å². The van der Waals surface area contributed by atoms with E-state index < -0.39 is 6.04 Å². The smallest absolute Gasteiger partial charge is 0.250 e. The van der Waals surface area contributed by atoms with Crippen LogP contribution in [-0.2, 0) is 16.5 Å². The molecule has 2 atom stereocenters. The molecule has 2 unspecified atom stereocenters. The standard InChI is InChI=1S/C24H32N3O2P/c1-18(25-17-22(28)20-8-4-2-5-9-20)23(29)27-26-16-19-10-12-21(13-11-19)24(30)14-6-3-7-15-24/h2,4-5,8-13,18,25-26H,3,6-7,14-17,30H2,1H3,(H,27,29). The van der Waals surface area contributed by atoms with Gasteiger partial charge in [-0.25, -0.2) is 5.43 Å². The summed E-state index contributed by atoms with van der Waals surface area (Å²) in [6, 6.07) is 17.2. The Morgan fingerprint density at radius 3 is 2.33 bits per heavy atom. The maximum Gasteiger partial charge on any atom is 0.250 e. The molecule has 1 saturated carbocycles. The monoisotopic (exact) mass is 425 g/mol. The second-order valence-corrected chi connectivity index (χ2v) is 9.25. The number of hydrogen-bond donors (Lipinski definition) is 3. The van der Waals surface area contributed by atoms with Crippen LogP contribution < -0.4 is 16.2 Å². The minimum Gasteiger partial charge on any atom is -0.299 e. The summed E-state index contributed by atoms with van der Waals surface area (Å²) in [6.45, 7) is 2.41. The summed E-state index contributed by atoms with van der Waals surface area (Å²) >= 11 is 0. The zero-order chi connectivity index (χ0) is 21.4. The Morgan fingerprint density at radius 1 is 1.00 bits per heavy atom. The molecule has 3 rings (SSSR count). The lowest BCUT2D eigenvalue weighted by molar-refractivity contribution is -0.123. The van der Waals surface area contributed by atoms with Crippen LogP contribution in [0, 0.1) is 0 Å². The second kappa shape index (κ2) is 10.8. The predicted octanol–water partition coefficient (Wildman–Crippen LogP) is 3.70. The summed E-state index contributed by atoms with van der Waals surface area (Å²) in [5.41, 5.74) is 8.82. The summed E-state index contributed by atoms with van der Waals surface area (Å²) in [4.78, 5) is 24.4. The normalized spacial score (nSPS) is 16.6. The van der Waals surface area contributed by atoms with E-state index in [4.69, 9.17) is 0 Å². The number of hydrogen-bond acceptors (Lipinski definition) is 4. The number of ketones is 1. The molecule has 2 aromatic carbocycles. The fourth-order valence-corrected chi connectivity index (χ4v) is 4.43. The van der Waals surface area contributed by atoms with Crippen molar-refractivity contribution in [3.05, 3.63) is 71.3 Å². The summed E-state index contributed by atoms with van der Waals surface area (Å²) < 4.78 is 0. The van der Waals surface area contributed by atoms with E-state index in [1.807, 2.05) is 18.2 Å². The van der Waals surface area contributed by atoms with Gasteiger partial charge in [0.1, 0.15) is 0 Å². The van der Waals surface area contributed by atoms with Gasteiger partial charge in [0.05, 0.1) is 12.6 Å². The largest absolute Gasteiger partial charge is 0.299 e. The van der Waals surface area contributed by atoms with E-state index in [9.17, 15) is 9.59 Å². The molecule has 1 fully saturated rings. The molecule has 1 aliphatic rings. The molecule has 0 aromatic heterocycles. The van der Waals surface area contributed by atoms with Crippen LogP contribution in [0.1, 0.15) is 60.5 Å². The summed E-state index contributed by atoms with van der Waals surface area (Å²) in [5, 5.41) is 3.19. The SMILES string of the molecule is CC(NCC(=O)c1ccccc1)C(=O)NNCc1ccc(C2(P)CCCCC2)cc1. The molecule has 2 aromatic rings. The molecule has 0 heterocycles. The molecule has 0 aliphatic heterocycles. The molecule has 0 saturated heterocycles. The van der Waals surface area contributed by atoms with Crippen LogP contribution in [0.4, 0.5) is 0 Å². The fraction of sp³-hybridized carbons (Fsp3) is 0.417. The van der Waals surface area contributed by atoms with E-state index in [0.29, 0.717) is 12.1 Å². The molecular weight excluding hydrogens is 393 g/mol. The lowest BCUT2D eigenvalue weighted by Crippen LogP contribution is -2.48. The third kappa shape index (κ3) is 6.21. The van der Waals surface area contributed by atoms with Gasteiger partial charge in [0.25, 0.3) is 5.91 Å². The number of nitrogens with one attached hydrogen (secondary N) is 3. The minimum atomic E-state index is -0.476. The van der Waals surface area contributed by atoms with Gasteiger partial charge in [-0.2, -0.15) is 0 Å². The molecule has 160 valence electrons. The van der Waals surface area contributed by atoms with Gasteiger partial charge in [-0.15, -0.1) is 9.24 Å². The minimum absolute atomic E-state index is 0.0341. The van der Waals surface area contributed by atoms with Crippen LogP contribution in [0.25, 0.3) is 0 Å². The van der Waals surface area contributed by atoms with Crippen molar-refractivity contribution in [2.45, 2.75) is 56.8 Å². The topological polar surface area (TPSA) is 70.2 Å². The van der Waals surface area contributed by atoms with E-state index in [1.54, 1.807) is 19.1 Å². The van der Waals surface area contributed by atoms with Crippen molar-refractivity contribution in [1.29, 1.82) is 0 Å². The highest BCUT2D eigenvalue weighted by atomic mass is 31.0. The number of hydrazine groups is 1. The molecule has 6 heteroatoms. The number of rotatable bonds is 9. The fourth-order valence-electron chi connectivity index (χ4n) is 3.83. The highest BCUT2D eigenvalue weighted by Gasteiger charge is 2.28. The molecule has 3 N–H and O–H groups in total. The van der Waals surface area contributed by atoms with Gasteiger partial charge >= 0.3 is 0 Å². The van der Waals surface area contributed by atoms with E-state index in [0.717, 1.165) is 5.56 Å². The van der Waals surface area contributed by atoms with E-state index in [-0.39, 0.29) is 23.4 Å². The van der Waals surface area contributed by atoms with Gasteiger partial charge in [0.2, 0.25) is 0 Å². The number of carbonyl (C=O) groups is 2. The first kappa shape index (κ1) is 22.6. The molecule has 0 bridgehead atoms. The Labute approximate surface area is 181 Å². The van der Waals surface area contributed by atoms with Gasteiger partial charge in [0, 0.05) is 17.3 Å². The molecule has 1 aliphatic carbocycles. The average molecular weight is 426 g/mol. The van der Waals surface area contributed by atoms with Crippen LogP contribution >= 0.6 is 9.24 Å². The Hall–Kier alpha value is -2.07. The Bertz CT molecular complexity index is 833. The molecule has 1 amide bonds. The van der Waals surface area contributed by atoms with Crippen LogP contribution in [0.2, 0.25) is 0 Å². The van der Waals surface area contributed by atoms with Crippen molar-refractivity contribution >= 4 is 20.9 Å². The van der Waals surface area contributed by atoms with Gasteiger partial charge < -0.3 is 0 Å². The van der Waals surface area contributed by atoms with Crippen LogP contribution in [-0.4, -0.2) is 24.3 Å². The zero-order valence-corrected chi connectivity index (χ0v) is 18.8. The van der Waals surface area contributed by atoms with Crippen molar-refractivity contribution in [2.75, 3.05) is 6.54 Å². The van der Waals surface area contributed by atoms with E-state index >= 15 is 0 Å². The molecule has 5 nitrogen and oxygen atoms in total. The van der Waals surface area contributed by atoms with Crippen LogP contribution in [0.15, 0.2) is 54.6 Å². The zero-order valence-electron chi connectivity index (χ0n) is 17.6. The lowest BCUT2D eigenvalue weighted by Gasteiger charge is -2.34. The molecule has 0 radical (unpaired) electrons. The Morgan fingerprint density at radius 2 is 1.67 bits per heavy atom. The number of carbonyl (C=O) groups excluding carboxylic acids is 2. The van der Waals surface area contributed by atoms with Crippen molar-refractivity contribution in [1.82, 2.24) is 16.2 Å². The first-order valence-electron chi connectivity index (χ1n) is 10.7. The van der Waals surface area contributed by atoms with Crippen LogP contribution in [0.3, 0.4) is 0 Å². The van der Waals surface area contributed by atoms with Gasteiger partial charge in [-0.05, 0) is 30.9 Å². The first-order valence-corrected chi connectivity index (χ1v) is 11.3. The molecule has 0 spiro atoms. The first-order chi connectivity index (χ1) is 14.5. The maximum absolute atomic E-state index is 12.2. The summed E-state index contributed by atoms with van der Waals surface area (Å²) in [5.74, 6) is -0.230. The second-order valence-electron chi connectivity index (χ2n) is 8.15. The van der Waals surface area contributed by atoms with E-state index in [1.165, 1.54) is 37.7 Å². The third-order valence-electron chi connectivity index (χ3n) is 5.84. The number of benzene rings is 2. The lowest BCUT2D eigenvalue weighted by atomic mass is 9.83. The quantitative estimate of drug-likeness (QED) is 0.326. The van der Waals surface area contributed by atoms with Crippen molar-refractivity contribution in [2.24, 2.45) is 0 Å². The van der Waals surface area contributed by atoms with Gasteiger partial charge in [0.15, 0.2) is 5.78 Å². The number of Topliss-reactive ketones (excluding diaryl/α,β-unsaturated/α-hetero) is 1. The summed E-state index contributed by atoms with van der Waals surface area (Å²) in [7, 11) is 3.07. The van der Waals surface area contributed by atoms with E-state index in [2.05, 4.69) is 49.7 Å². The Balaban J connectivity index is 1.40.